The maximum absolute atomic E-state index is 6.04. The summed E-state index contributed by atoms with van der Waals surface area (Å²) in [6.45, 7) is 2.07. The molecule has 0 aromatic carbocycles. The predicted molar refractivity (Wildman–Crippen MR) is 65.7 cm³/mol. The van der Waals surface area contributed by atoms with Gasteiger partial charge in [-0.05, 0) is 34.5 Å². The lowest BCUT2D eigenvalue weighted by Crippen LogP contribution is -2.09. The average molecular weight is 244 g/mol. The highest BCUT2D eigenvalue weighted by molar-refractivity contribution is 7.07. The quantitative estimate of drug-likeness (QED) is 0.898. The van der Waals surface area contributed by atoms with E-state index in [-0.39, 0.29) is 18.4 Å². The minimum Gasteiger partial charge on any atom is -0.464 e. The largest absolute Gasteiger partial charge is 0.464 e. The van der Waals surface area contributed by atoms with Gasteiger partial charge < -0.3 is 10.2 Å². The molecule has 2 N–H and O–H groups in total. The van der Waals surface area contributed by atoms with E-state index in [1.165, 1.54) is 0 Å². The van der Waals surface area contributed by atoms with Crippen LogP contribution in [0.25, 0.3) is 0 Å². The third-order valence-electron chi connectivity index (χ3n) is 2.24. The Kier molecular flexibility index (Phi) is 4.39. The topological polar surface area (TPSA) is 39.2 Å². The molecule has 2 aromatic heterocycles. The highest BCUT2D eigenvalue weighted by Crippen LogP contribution is 2.23. The van der Waals surface area contributed by atoms with Gasteiger partial charge in [0.1, 0.15) is 11.5 Å². The molecule has 0 bridgehead atoms. The van der Waals surface area contributed by atoms with Gasteiger partial charge in [0.05, 0.1) is 6.04 Å². The van der Waals surface area contributed by atoms with Gasteiger partial charge in [0.2, 0.25) is 0 Å². The molecule has 0 saturated heterocycles. The second-order valence-corrected chi connectivity index (χ2v) is 3.97. The van der Waals surface area contributed by atoms with Crippen LogP contribution in [0.4, 0.5) is 0 Å². The molecule has 0 fully saturated rings. The van der Waals surface area contributed by atoms with Gasteiger partial charge in [0.25, 0.3) is 0 Å². The van der Waals surface area contributed by atoms with E-state index in [2.05, 4.69) is 12.3 Å². The highest BCUT2D eigenvalue weighted by atomic mass is 35.5. The lowest BCUT2D eigenvalue weighted by Gasteiger charge is -2.05. The molecular formula is C11H14ClNOS. The molecule has 2 nitrogen and oxygen atoms in total. The van der Waals surface area contributed by atoms with Gasteiger partial charge in [-0.1, -0.05) is 6.92 Å². The van der Waals surface area contributed by atoms with E-state index in [0.29, 0.717) is 0 Å². The normalized spacial score (nSPS) is 12.1. The molecule has 2 rings (SSSR count). The van der Waals surface area contributed by atoms with Crippen LogP contribution in [0.3, 0.4) is 0 Å². The first-order valence-electron chi connectivity index (χ1n) is 4.67. The van der Waals surface area contributed by atoms with Gasteiger partial charge in [-0.2, -0.15) is 11.3 Å². The van der Waals surface area contributed by atoms with E-state index >= 15 is 0 Å². The van der Waals surface area contributed by atoms with Crippen LogP contribution in [-0.4, -0.2) is 0 Å². The van der Waals surface area contributed by atoms with Crippen LogP contribution < -0.4 is 5.73 Å². The Morgan fingerprint density at radius 2 is 2.20 bits per heavy atom. The zero-order valence-corrected chi connectivity index (χ0v) is 10.1. The fourth-order valence-corrected chi connectivity index (χ4v) is 2.06. The number of furan rings is 1. The molecular weight excluding hydrogens is 230 g/mol. The summed E-state index contributed by atoms with van der Waals surface area (Å²) in [7, 11) is 0. The molecule has 82 valence electrons. The predicted octanol–water partition coefficient (Wildman–Crippen LogP) is 3.37. The van der Waals surface area contributed by atoms with E-state index < -0.39 is 0 Å². The number of nitrogens with two attached hydrogens (primary N) is 1. The molecule has 0 aliphatic rings. The smallest absolute Gasteiger partial charge is 0.125 e. The fraction of sp³-hybridized carbons (Fsp3) is 0.273. The first-order chi connectivity index (χ1) is 6.81. The number of halogens is 1. The van der Waals surface area contributed by atoms with Gasteiger partial charge >= 0.3 is 0 Å². The lowest BCUT2D eigenvalue weighted by atomic mass is 10.1. The Balaban J connectivity index is 0.00000112. The third kappa shape index (κ3) is 2.62. The van der Waals surface area contributed by atoms with Gasteiger partial charge in [-0.25, -0.2) is 0 Å². The zero-order chi connectivity index (χ0) is 9.97. The van der Waals surface area contributed by atoms with Crippen LogP contribution in [0.2, 0.25) is 0 Å². The Labute approximate surface area is 99.5 Å². The Hall–Kier alpha value is -0.770. The van der Waals surface area contributed by atoms with Crippen molar-refractivity contribution < 1.29 is 4.42 Å². The third-order valence-corrected chi connectivity index (χ3v) is 2.94. The first kappa shape index (κ1) is 12.3. The van der Waals surface area contributed by atoms with Crippen LogP contribution in [-0.2, 0) is 6.42 Å². The summed E-state index contributed by atoms with van der Waals surface area (Å²) in [5.41, 5.74) is 7.16. The Morgan fingerprint density at radius 1 is 1.40 bits per heavy atom. The van der Waals surface area contributed by atoms with Gasteiger partial charge in [0.15, 0.2) is 0 Å². The van der Waals surface area contributed by atoms with Crippen LogP contribution in [0, 0.1) is 0 Å². The summed E-state index contributed by atoms with van der Waals surface area (Å²) in [6, 6.07) is 5.85. The van der Waals surface area contributed by atoms with E-state index in [1.807, 2.05) is 23.6 Å². The highest BCUT2D eigenvalue weighted by Gasteiger charge is 2.12. The number of thiophene rings is 1. The van der Waals surface area contributed by atoms with Crippen molar-refractivity contribution in [3.8, 4) is 0 Å². The fourth-order valence-electron chi connectivity index (χ4n) is 1.37. The standard InChI is InChI=1S/C11H13NOS.ClH/c1-2-9-3-4-10(13-9)11(12)8-5-6-14-7-8;/h3-7,11H,2,12H2,1H3;1H/t11-;/m1./s1. The summed E-state index contributed by atoms with van der Waals surface area (Å²) in [6.07, 6.45) is 0.913. The number of aryl methyl sites for hydroxylation is 1. The molecule has 1 atom stereocenters. The van der Waals surface area contributed by atoms with Crippen molar-refractivity contribution in [3.05, 3.63) is 46.0 Å². The SMILES string of the molecule is CCc1ccc([C@H](N)c2ccsc2)o1.Cl. The molecule has 0 aliphatic heterocycles. The molecule has 0 saturated carbocycles. The number of rotatable bonds is 3. The van der Waals surface area contributed by atoms with Crippen molar-refractivity contribution in [3.63, 3.8) is 0 Å². The zero-order valence-electron chi connectivity index (χ0n) is 8.47. The molecule has 2 aromatic rings. The minimum absolute atomic E-state index is 0. The molecule has 0 amide bonds. The van der Waals surface area contributed by atoms with Gasteiger partial charge in [-0.15, -0.1) is 12.4 Å². The molecule has 15 heavy (non-hydrogen) atoms. The van der Waals surface area contributed by atoms with Gasteiger partial charge in [-0.3, -0.25) is 0 Å². The molecule has 0 unspecified atom stereocenters. The minimum atomic E-state index is -0.124. The molecule has 4 heteroatoms. The summed E-state index contributed by atoms with van der Waals surface area (Å²) in [5.74, 6) is 1.84. The molecule has 0 spiro atoms. The van der Waals surface area contributed by atoms with Crippen molar-refractivity contribution in [1.82, 2.24) is 0 Å². The van der Waals surface area contributed by atoms with Crippen molar-refractivity contribution in [2.75, 3.05) is 0 Å². The summed E-state index contributed by atoms with van der Waals surface area (Å²) in [5, 5.41) is 4.08. The second-order valence-electron chi connectivity index (χ2n) is 3.19. The van der Waals surface area contributed by atoms with E-state index in [0.717, 1.165) is 23.5 Å². The van der Waals surface area contributed by atoms with Crippen LogP contribution in [0.5, 0.6) is 0 Å². The van der Waals surface area contributed by atoms with Crippen molar-refractivity contribution in [2.24, 2.45) is 5.73 Å². The molecule has 0 radical (unpaired) electrons. The Bertz CT molecular complexity index is 396. The van der Waals surface area contributed by atoms with Gasteiger partial charge in [0, 0.05) is 6.42 Å². The monoisotopic (exact) mass is 243 g/mol. The summed E-state index contributed by atoms with van der Waals surface area (Å²) < 4.78 is 5.60. The van der Waals surface area contributed by atoms with Crippen molar-refractivity contribution >= 4 is 23.7 Å². The summed E-state index contributed by atoms with van der Waals surface area (Å²) in [4.78, 5) is 0. The molecule has 2 heterocycles. The summed E-state index contributed by atoms with van der Waals surface area (Å²) >= 11 is 1.65. The van der Waals surface area contributed by atoms with E-state index in [9.17, 15) is 0 Å². The first-order valence-corrected chi connectivity index (χ1v) is 5.62. The number of hydrogen-bond donors (Lipinski definition) is 1. The van der Waals surface area contributed by atoms with Crippen molar-refractivity contribution in [2.45, 2.75) is 19.4 Å². The van der Waals surface area contributed by atoms with E-state index in [4.69, 9.17) is 10.2 Å². The lowest BCUT2D eigenvalue weighted by molar-refractivity contribution is 0.454. The molecule has 0 aliphatic carbocycles. The van der Waals surface area contributed by atoms with Crippen molar-refractivity contribution in [1.29, 1.82) is 0 Å². The number of hydrogen-bond acceptors (Lipinski definition) is 3. The van der Waals surface area contributed by atoms with Crippen LogP contribution in [0.15, 0.2) is 33.4 Å². The Morgan fingerprint density at radius 3 is 2.73 bits per heavy atom. The van der Waals surface area contributed by atoms with Crippen LogP contribution >= 0.6 is 23.7 Å². The maximum Gasteiger partial charge on any atom is 0.125 e. The maximum atomic E-state index is 6.04. The average Bonchev–Trinajstić information content (AvgIpc) is 2.88. The van der Waals surface area contributed by atoms with E-state index in [1.54, 1.807) is 11.3 Å². The second kappa shape index (κ2) is 5.35. The van der Waals surface area contributed by atoms with Crippen LogP contribution in [0.1, 0.15) is 30.0 Å².